The number of hydrogen-bond acceptors (Lipinski definition) is 4. The molecule has 0 aromatic carbocycles. The zero-order valence-electron chi connectivity index (χ0n) is 11.4. The van der Waals surface area contributed by atoms with Gasteiger partial charge in [0.1, 0.15) is 6.10 Å². The topological polar surface area (TPSA) is 49.8 Å². The first-order valence-electron chi connectivity index (χ1n) is 6.72. The molecule has 2 fully saturated rings. The number of nitrogens with zero attached hydrogens (tertiary/aromatic N) is 1. The second kappa shape index (κ2) is 5.41. The number of carbonyl (C=O) groups excluding carboxylic acids is 1. The fourth-order valence-electron chi connectivity index (χ4n) is 3.05. The van der Waals surface area contributed by atoms with Crippen LogP contribution in [0.25, 0.3) is 0 Å². The van der Waals surface area contributed by atoms with Gasteiger partial charge < -0.3 is 9.84 Å². The van der Waals surface area contributed by atoms with Gasteiger partial charge in [-0.3, -0.25) is 9.69 Å². The molecule has 0 aromatic heterocycles. The van der Waals surface area contributed by atoms with Crippen LogP contribution in [-0.4, -0.2) is 47.3 Å². The molecule has 18 heavy (non-hydrogen) atoms. The molecule has 2 aliphatic heterocycles. The third-order valence-electron chi connectivity index (χ3n) is 4.31. The van der Waals surface area contributed by atoms with E-state index in [1.165, 1.54) is 0 Å². The van der Waals surface area contributed by atoms with E-state index < -0.39 is 0 Å². The minimum absolute atomic E-state index is 0.0227. The summed E-state index contributed by atoms with van der Waals surface area (Å²) in [4.78, 5) is 14.0. The molecular weight excluding hydrogens is 230 g/mol. The van der Waals surface area contributed by atoms with E-state index in [-0.39, 0.29) is 24.2 Å². The predicted molar refractivity (Wildman–Crippen MR) is 69.1 cm³/mol. The number of carbonyl (C=O) groups is 1. The lowest BCUT2D eigenvalue weighted by Gasteiger charge is -2.36. The molecule has 0 spiro atoms. The third-order valence-corrected chi connectivity index (χ3v) is 4.31. The van der Waals surface area contributed by atoms with Crippen molar-refractivity contribution in [3.8, 4) is 0 Å². The lowest BCUT2D eigenvalue weighted by Crippen LogP contribution is -2.45. The Morgan fingerprint density at radius 2 is 2.17 bits per heavy atom. The third kappa shape index (κ3) is 2.75. The van der Waals surface area contributed by atoms with Crippen molar-refractivity contribution in [2.24, 2.45) is 0 Å². The van der Waals surface area contributed by atoms with E-state index in [9.17, 15) is 9.90 Å². The normalized spacial score (nSPS) is 36.8. The number of aliphatic hydroxyl groups excluding tert-OH is 1. The number of allylic oxidation sites excluding steroid dienone is 1. The summed E-state index contributed by atoms with van der Waals surface area (Å²) in [6, 6.07) is 0.517. The van der Waals surface area contributed by atoms with E-state index in [4.69, 9.17) is 4.74 Å². The fraction of sp³-hybridized carbons (Fsp3) is 0.786. The maximum absolute atomic E-state index is 11.7. The molecule has 2 saturated heterocycles. The largest absolute Gasteiger partial charge is 0.462 e. The molecular formula is C14H23NO3. The van der Waals surface area contributed by atoms with E-state index in [0.29, 0.717) is 12.5 Å². The highest BCUT2D eigenvalue weighted by atomic mass is 16.5. The highest BCUT2D eigenvalue weighted by Crippen LogP contribution is 2.35. The van der Waals surface area contributed by atoms with E-state index in [2.05, 4.69) is 4.90 Å². The van der Waals surface area contributed by atoms with Crippen LogP contribution in [-0.2, 0) is 9.53 Å². The van der Waals surface area contributed by atoms with Crippen LogP contribution >= 0.6 is 0 Å². The van der Waals surface area contributed by atoms with Gasteiger partial charge in [0.2, 0.25) is 0 Å². The number of ether oxygens (including phenoxy) is 1. The number of rotatable bonds is 3. The van der Waals surface area contributed by atoms with Crippen LogP contribution in [0, 0.1) is 0 Å². The van der Waals surface area contributed by atoms with Crippen LogP contribution in [0.5, 0.6) is 0 Å². The molecule has 102 valence electrons. The monoisotopic (exact) mass is 253 g/mol. The first kappa shape index (κ1) is 13.6. The summed E-state index contributed by atoms with van der Waals surface area (Å²) in [5.41, 5.74) is 1.04. The minimum Gasteiger partial charge on any atom is -0.462 e. The lowest BCUT2D eigenvalue weighted by molar-refractivity contribution is -0.151. The summed E-state index contributed by atoms with van der Waals surface area (Å²) in [7, 11) is 2.05. The van der Waals surface area contributed by atoms with Gasteiger partial charge in [0.25, 0.3) is 0 Å². The Kier molecular flexibility index (Phi) is 4.07. The van der Waals surface area contributed by atoms with E-state index in [1.807, 2.05) is 27.0 Å². The van der Waals surface area contributed by atoms with Crippen molar-refractivity contribution >= 4 is 5.97 Å². The van der Waals surface area contributed by atoms with E-state index in [1.54, 1.807) is 0 Å². The number of piperidine rings is 1. The maximum atomic E-state index is 11.7. The van der Waals surface area contributed by atoms with Gasteiger partial charge in [0.15, 0.2) is 0 Å². The molecule has 0 radical (unpaired) electrons. The average molecular weight is 253 g/mol. The van der Waals surface area contributed by atoms with Gasteiger partial charge in [-0.15, -0.1) is 0 Å². The Morgan fingerprint density at radius 3 is 2.78 bits per heavy atom. The van der Waals surface area contributed by atoms with Crippen LogP contribution in [0.15, 0.2) is 11.6 Å². The zero-order valence-corrected chi connectivity index (χ0v) is 11.4. The lowest BCUT2D eigenvalue weighted by atomic mass is 10.00. The van der Waals surface area contributed by atoms with Gasteiger partial charge in [0, 0.05) is 24.9 Å². The molecule has 3 unspecified atom stereocenters. The van der Waals surface area contributed by atoms with Crippen LogP contribution in [0.2, 0.25) is 0 Å². The highest BCUT2D eigenvalue weighted by Gasteiger charge is 2.45. The fourth-order valence-corrected chi connectivity index (χ4v) is 3.05. The quantitative estimate of drug-likeness (QED) is 0.611. The molecule has 0 aromatic rings. The Morgan fingerprint density at radius 1 is 1.44 bits per heavy atom. The Labute approximate surface area is 109 Å². The van der Waals surface area contributed by atoms with Gasteiger partial charge in [-0.05, 0) is 27.3 Å². The number of fused-ring (bicyclic) bond motifs is 2. The molecule has 0 amide bonds. The van der Waals surface area contributed by atoms with Gasteiger partial charge in [-0.25, -0.2) is 0 Å². The molecule has 4 nitrogen and oxygen atoms in total. The second-order valence-corrected chi connectivity index (χ2v) is 5.58. The summed E-state index contributed by atoms with van der Waals surface area (Å²) in [6.45, 7) is 3.86. The molecule has 2 bridgehead atoms. The van der Waals surface area contributed by atoms with Gasteiger partial charge in [0.05, 0.1) is 12.5 Å². The molecule has 4 atom stereocenters. The molecule has 0 saturated carbocycles. The van der Waals surface area contributed by atoms with Crippen molar-refractivity contribution in [1.82, 2.24) is 4.90 Å². The Hall–Kier alpha value is -0.870. The van der Waals surface area contributed by atoms with Crippen LogP contribution in [0.3, 0.4) is 0 Å². The van der Waals surface area contributed by atoms with Crippen molar-refractivity contribution in [1.29, 1.82) is 0 Å². The zero-order chi connectivity index (χ0) is 13.3. The Bertz CT molecular complexity index is 353. The summed E-state index contributed by atoms with van der Waals surface area (Å²) in [5, 5.41) is 9.91. The first-order chi connectivity index (χ1) is 8.51. The number of likely N-dealkylation sites (N-methyl/N-ethyl adjacent to an activating group) is 1. The molecule has 0 aliphatic carbocycles. The summed E-state index contributed by atoms with van der Waals surface area (Å²) < 4.78 is 5.52. The van der Waals surface area contributed by atoms with Crippen molar-refractivity contribution in [2.75, 3.05) is 7.05 Å². The predicted octanol–water partition coefficient (Wildman–Crippen LogP) is 1.48. The maximum Gasteiger partial charge on any atom is 0.310 e. The molecule has 2 heterocycles. The number of esters is 1. The summed E-state index contributed by atoms with van der Waals surface area (Å²) in [6.07, 6.45) is 4.44. The first-order valence-corrected chi connectivity index (χ1v) is 6.72. The summed E-state index contributed by atoms with van der Waals surface area (Å²) >= 11 is 0. The van der Waals surface area contributed by atoms with Crippen molar-refractivity contribution < 1.29 is 14.6 Å². The minimum atomic E-state index is -0.263. The van der Waals surface area contributed by atoms with Crippen LogP contribution in [0.1, 0.15) is 39.5 Å². The van der Waals surface area contributed by atoms with Crippen molar-refractivity contribution in [2.45, 2.75) is 63.8 Å². The molecule has 2 aliphatic rings. The van der Waals surface area contributed by atoms with Gasteiger partial charge in [-0.1, -0.05) is 11.6 Å². The molecule has 2 rings (SSSR count). The standard InChI is InChI=1S/C14H23NO3/c1-4-9(2)5-14(17)18-11-6-10-7-13(16)12(8-11)15(10)3/h4,10-13,16H,5-8H2,1-3H3/b9-4+/t10?,11-,12?,13?/m1/s1. The second-order valence-electron chi connectivity index (χ2n) is 5.58. The van der Waals surface area contributed by atoms with Crippen molar-refractivity contribution in [3.63, 3.8) is 0 Å². The average Bonchev–Trinajstić information content (AvgIpc) is 2.49. The van der Waals surface area contributed by atoms with Gasteiger partial charge >= 0.3 is 5.97 Å². The van der Waals surface area contributed by atoms with Crippen LogP contribution < -0.4 is 0 Å². The number of hydrogen-bond donors (Lipinski definition) is 1. The smallest absolute Gasteiger partial charge is 0.310 e. The van der Waals surface area contributed by atoms with Gasteiger partial charge in [-0.2, -0.15) is 0 Å². The number of aliphatic hydroxyl groups is 1. The van der Waals surface area contributed by atoms with Crippen LogP contribution in [0.4, 0.5) is 0 Å². The molecule has 4 heteroatoms. The van der Waals surface area contributed by atoms with E-state index >= 15 is 0 Å². The van der Waals surface area contributed by atoms with E-state index in [0.717, 1.165) is 24.8 Å². The highest BCUT2D eigenvalue weighted by molar-refractivity contribution is 5.72. The Balaban J connectivity index is 1.88. The molecule has 1 N–H and O–H groups in total. The summed E-state index contributed by atoms with van der Waals surface area (Å²) in [5.74, 6) is -0.144. The van der Waals surface area contributed by atoms with Crippen molar-refractivity contribution in [3.05, 3.63) is 11.6 Å². The SMILES string of the molecule is C/C=C(\C)CC(=O)O[C@@H]1CC2CC(O)C(C1)N2C.